The highest BCUT2D eigenvalue weighted by molar-refractivity contribution is 5.47. The molecule has 0 atom stereocenters. The van der Waals surface area contributed by atoms with E-state index in [1.165, 1.54) is 25.7 Å². The van der Waals surface area contributed by atoms with Crippen LogP contribution >= 0.6 is 0 Å². The molecule has 82 valence electrons. The quantitative estimate of drug-likeness (QED) is 0.766. The van der Waals surface area contributed by atoms with E-state index in [0.29, 0.717) is 0 Å². The minimum atomic E-state index is 0.804. The van der Waals surface area contributed by atoms with Gasteiger partial charge in [-0.2, -0.15) is 0 Å². The predicted molar refractivity (Wildman–Crippen MR) is 63.0 cm³/mol. The number of aryl methyl sites for hydroxylation is 1. The second-order valence-electron chi connectivity index (χ2n) is 4.46. The lowest BCUT2D eigenvalue weighted by Gasteiger charge is -2.25. The van der Waals surface area contributed by atoms with Crippen molar-refractivity contribution in [1.82, 2.24) is 0 Å². The Bertz CT molecular complexity index is 331. The Hall–Kier alpha value is -1.18. The average molecular weight is 205 g/mol. The number of anilines is 1. The van der Waals surface area contributed by atoms with Crippen LogP contribution in [0.2, 0.25) is 0 Å². The van der Waals surface area contributed by atoms with Crippen molar-refractivity contribution >= 4 is 5.69 Å². The number of rotatable bonds is 4. The van der Waals surface area contributed by atoms with Crippen LogP contribution in [-0.4, -0.2) is 6.61 Å². The Labute approximate surface area is 91.4 Å². The van der Waals surface area contributed by atoms with Gasteiger partial charge in [0.15, 0.2) is 0 Å². The van der Waals surface area contributed by atoms with Crippen molar-refractivity contribution < 1.29 is 4.74 Å². The number of nitrogens with two attached hydrogens (primary N) is 1. The van der Waals surface area contributed by atoms with Crippen molar-refractivity contribution in [3.8, 4) is 5.75 Å². The summed E-state index contributed by atoms with van der Waals surface area (Å²) in [4.78, 5) is 0. The molecule has 0 unspecified atom stereocenters. The van der Waals surface area contributed by atoms with Crippen molar-refractivity contribution in [3.05, 3.63) is 23.8 Å². The van der Waals surface area contributed by atoms with Crippen LogP contribution in [0.5, 0.6) is 5.75 Å². The Morgan fingerprint density at radius 2 is 2.20 bits per heavy atom. The van der Waals surface area contributed by atoms with Gasteiger partial charge in [-0.25, -0.2) is 0 Å². The van der Waals surface area contributed by atoms with Gasteiger partial charge in [0.1, 0.15) is 5.75 Å². The highest BCUT2D eigenvalue weighted by Crippen LogP contribution is 2.29. The van der Waals surface area contributed by atoms with Crippen LogP contribution in [0.1, 0.15) is 31.2 Å². The van der Waals surface area contributed by atoms with E-state index in [9.17, 15) is 0 Å². The number of hydrogen-bond acceptors (Lipinski definition) is 2. The molecule has 0 heterocycles. The molecule has 1 fully saturated rings. The van der Waals surface area contributed by atoms with Gasteiger partial charge in [0.05, 0.1) is 6.61 Å². The fourth-order valence-electron chi connectivity index (χ4n) is 1.95. The van der Waals surface area contributed by atoms with E-state index in [-0.39, 0.29) is 0 Å². The maximum absolute atomic E-state index is 5.74. The third-order valence-corrected chi connectivity index (χ3v) is 3.21. The van der Waals surface area contributed by atoms with E-state index in [1.54, 1.807) is 0 Å². The van der Waals surface area contributed by atoms with Gasteiger partial charge in [0.2, 0.25) is 0 Å². The van der Waals surface area contributed by atoms with Crippen LogP contribution in [-0.2, 0) is 0 Å². The molecule has 0 aromatic heterocycles. The Balaban J connectivity index is 1.81. The summed E-state index contributed by atoms with van der Waals surface area (Å²) in [5, 5.41) is 0. The SMILES string of the molecule is Cc1cc(N)ccc1OCCC1CCC1. The largest absolute Gasteiger partial charge is 0.493 e. The zero-order valence-electron chi connectivity index (χ0n) is 9.33. The summed E-state index contributed by atoms with van der Waals surface area (Å²) in [5.41, 5.74) is 7.61. The maximum Gasteiger partial charge on any atom is 0.122 e. The van der Waals surface area contributed by atoms with E-state index >= 15 is 0 Å². The van der Waals surface area contributed by atoms with Gasteiger partial charge in [0, 0.05) is 5.69 Å². The summed E-state index contributed by atoms with van der Waals surface area (Å²) in [5.74, 6) is 1.89. The molecule has 1 aliphatic carbocycles. The van der Waals surface area contributed by atoms with E-state index in [4.69, 9.17) is 10.5 Å². The molecule has 0 spiro atoms. The standard InChI is InChI=1S/C13H19NO/c1-10-9-12(14)5-6-13(10)15-8-7-11-3-2-4-11/h5-6,9,11H,2-4,7-8,14H2,1H3. The van der Waals surface area contributed by atoms with Crippen LogP contribution < -0.4 is 10.5 Å². The van der Waals surface area contributed by atoms with Gasteiger partial charge in [0.25, 0.3) is 0 Å². The van der Waals surface area contributed by atoms with Crippen LogP contribution in [0, 0.1) is 12.8 Å². The van der Waals surface area contributed by atoms with Gasteiger partial charge >= 0.3 is 0 Å². The lowest BCUT2D eigenvalue weighted by molar-refractivity contribution is 0.221. The minimum absolute atomic E-state index is 0.804. The first-order chi connectivity index (χ1) is 7.25. The topological polar surface area (TPSA) is 35.2 Å². The third-order valence-electron chi connectivity index (χ3n) is 3.21. The van der Waals surface area contributed by atoms with E-state index < -0.39 is 0 Å². The fourth-order valence-corrected chi connectivity index (χ4v) is 1.95. The van der Waals surface area contributed by atoms with Crippen LogP contribution in [0.25, 0.3) is 0 Å². The molecular weight excluding hydrogens is 186 g/mol. The van der Waals surface area contributed by atoms with Gasteiger partial charge in [-0.1, -0.05) is 19.3 Å². The molecule has 0 bridgehead atoms. The highest BCUT2D eigenvalue weighted by Gasteiger charge is 2.16. The van der Waals surface area contributed by atoms with Gasteiger partial charge < -0.3 is 10.5 Å². The third kappa shape index (κ3) is 2.65. The molecule has 1 saturated carbocycles. The molecule has 2 heteroatoms. The molecule has 2 N–H and O–H groups in total. The molecule has 0 saturated heterocycles. The summed E-state index contributed by atoms with van der Waals surface area (Å²) in [7, 11) is 0. The van der Waals surface area contributed by atoms with Crippen LogP contribution in [0.4, 0.5) is 5.69 Å². The van der Waals surface area contributed by atoms with Crippen LogP contribution in [0.15, 0.2) is 18.2 Å². The molecule has 15 heavy (non-hydrogen) atoms. The van der Waals surface area contributed by atoms with Crippen molar-refractivity contribution in [2.75, 3.05) is 12.3 Å². The lowest BCUT2D eigenvalue weighted by atomic mass is 9.83. The first-order valence-electron chi connectivity index (χ1n) is 5.74. The number of hydrogen-bond donors (Lipinski definition) is 1. The van der Waals surface area contributed by atoms with Gasteiger partial charge in [-0.15, -0.1) is 0 Å². The molecule has 1 aromatic carbocycles. The Kier molecular flexibility index (Phi) is 3.14. The summed E-state index contributed by atoms with van der Waals surface area (Å²) >= 11 is 0. The number of benzene rings is 1. The molecule has 0 amide bonds. The van der Waals surface area contributed by atoms with Gasteiger partial charge in [-0.05, 0) is 43.0 Å². The number of ether oxygens (including phenoxy) is 1. The second kappa shape index (κ2) is 4.56. The maximum atomic E-state index is 5.74. The summed E-state index contributed by atoms with van der Waals surface area (Å²) in [6.45, 7) is 2.88. The summed E-state index contributed by atoms with van der Waals surface area (Å²) in [6, 6.07) is 5.82. The normalized spacial score (nSPS) is 16.1. The first-order valence-corrected chi connectivity index (χ1v) is 5.74. The average Bonchev–Trinajstić information content (AvgIpc) is 2.12. The molecule has 2 nitrogen and oxygen atoms in total. The molecule has 2 rings (SSSR count). The molecule has 1 aliphatic rings. The lowest BCUT2D eigenvalue weighted by Crippen LogP contribution is -2.14. The predicted octanol–water partition coefficient (Wildman–Crippen LogP) is 3.15. The highest BCUT2D eigenvalue weighted by atomic mass is 16.5. The Morgan fingerprint density at radius 3 is 2.80 bits per heavy atom. The van der Waals surface area contributed by atoms with E-state index in [1.807, 2.05) is 25.1 Å². The number of nitrogen functional groups attached to an aromatic ring is 1. The van der Waals surface area contributed by atoms with E-state index in [0.717, 1.165) is 29.5 Å². The van der Waals surface area contributed by atoms with Crippen molar-refractivity contribution in [2.45, 2.75) is 32.6 Å². The minimum Gasteiger partial charge on any atom is -0.493 e. The fraction of sp³-hybridized carbons (Fsp3) is 0.538. The van der Waals surface area contributed by atoms with Gasteiger partial charge in [-0.3, -0.25) is 0 Å². The van der Waals surface area contributed by atoms with Crippen molar-refractivity contribution in [2.24, 2.45) is 5.92 Å². The molecular formula is C13H19NO. The van der Waals surface area contributed by atoms with Crippen molar-refractivity contribution in [1.29, 1.82) is 0 Å². The molecule has 0 aliphatic heterocycles. The zero-order valence-corrected chi connectivity index (χ0v) is 9.33. The molecule has 0 radical (unpaired) electrons. The van der Waals surface area contributed by atoms with Crippen LogP contribution in [0.3, 0.4) is 0 Å². The summed E-state index contributed by atoms with van der Waals surface area (Å²) in [6.07, 6.45) is 5.39. The first kappa shape index (κ1) is 10.3. The summed E-state index contributed by atoms with van der Waals surface area (Å²) < 4.78 is 5.74. The van der Waals surface area contributed by atoms with E-state index in [2.05, 4.69) is 0 Å². The van der Waals surface area contributed by atoms with Crippen molar-refractivity contribution in [3.63, 3.8) is 0 Å². The smallest absolute Gasteiger partial charge is 0.122 e. The Morgan fingerprint density at radius 1 is 1.40 bits per heavy atom. The monoisotopic (exact) mass is 205 g/mol. The second-order valence-corrected chi connectivity index (χ2v) is 4.46. The molecule has 1 aromatic rings. The zero-order chi connectivity index (χ0) is 10.7.